The number of hydrogen-bond donors (Lipinski definition) is 1. The van der Waals surface area contributed by atoms with Crippen molar-refractivity contribution in [1.82, 2.24) is 0 Å². The van der Waals surface area contributed by atoms with Crippen LogP contribution >= 0.6 is 0 Å². The number of aliphatic carboxylic acids is 1. The summed E-state index contributed by atoms with van der Waals surface area (Å²) in [5.41, 5.74) is 0.332. The van der Waals surface area contributed by atoms with Gasteiger partial charge in [-0.05, 0) is 35.7 Å². The van der Waals surface area contributed by atoms with Crippen LogP contribution in [0.3, 0.4) is 0 Å². The van der Waals surface area contributed by atoms with E-state index in [0.29, 0.717) is 12.1 Å². The van der Waals surface area contributed by atoms with E-state index in [2.05, 4.69) is 0 Å². The van der Waals surface area contributed by atoms with E-state index < -0.39 is 23.6 Å². The lowest BCUT2D eigenvalue weighted by Gasteiger charge is -2.19. The SMILES string of the molecule is CN(C(=O)Cc1ccccc1C(F)(F)F)c1cccc(CCC(=O)O)c1. The maximum atomic E-state index is 13.1. The van der Waals surface area contributed by atoms with Crippen molar-refractivity contribution in [2.75, 3.05) is 11.9 Å². The van der Waals surface area contributed by atoms with E-state index in [9.17, 15) is 22.8 Å². The maximum absolute atomic E-state index is 13.1. The molecule has 138 valence electrons. The fourth-order valence-electron chi connectivity index (χ4n) is 2.55. The van der Waals surface area contributed by atoms with Gasteiger partial charge in [-0.3, -0.25) is 9.59 Å². The molecule has 4 nitrogen and oxygen atoms in total. The molecule has 0 aliphatic carbocycles. The lowest BCUT2D eigenvalue weighted by Crippen LogP contribution is -2.28. The number of carboxylic acids is 1. The molecule has 0 fully saturated rings. The number of carbonyl (C=O) groups excluding carboxylic acids is 1. The van der Waals surface area contributed by atoms with Gasteiger partial charge < -0.3 is 10.0 Å². The van der Waals surface area contributed by atoms with Crippen LogP contribution in [0, 0.1) is 0 Å². The number of carbonyl (C=O) groups is 2. The number of alkyl halides is 3. The van der Waals surface area contributed by atoms with Gasteiger partial charge in [-0.2, -0.15) is 13.2 Å². The highest BCUT2D eigenvalue weighted by molar-refractivity contribution is 5.94. The Morgan fingerprint density at radius 1 is 1.08 bits per heavy atom. The van der Waals surface area contributed by atoms with Gasteiger partial charge in [-0.15, -0.1) is 0 Å². The molecule has 0 aliphatic heterocycles. The van der Waals surface area contributed by atoms with Crippen LogP contribution in [0.2, 0.25) is 0 Å². The molecule has 0 spiro atoms. The van der Waals surface area contributed by atoms with Crippen LogP contribution in [-0.4, -0.2) is 24.0 Å². The predicted molar refractivity (Wildman–Crippen MR) is 91.0 cm³/mol. The van der Waals surface area contributed by atoms with Crippen molar-refractivity contribution >= 4 is 17.6 Å². The van der Waals surface area contributed by atoms with Crippen molar-refractivity contribution in [3.05, 3.63) is 65.2 Å². The quantitative estimate of drug-likeness (QED) is 0.844. The minimum atomic E-state index is -4.52. The number of amides is 1. The zero-order chi connectivity index (χ0) is 19.3. The molecular formula is C19H18F3NO3. The van der Waals surface area contributed by atoms with Crippen LogP contribution in [0.5, 0.6) is 0 Å². The number of hydrogen-bond acceptors (Lipinski definition) is 2. The summed E-state index contributed by atoms with van der Waals surface area (Å²) in [4.78, 5) is 24.4. The summed E-state index contributed by atoms with van der Waals surface area (Å²) in [6.45, 7) is 0. The highest BCUT2D eigenvalue weighted by atomic mass is 19.4. The molecule has 7 heteroatoms. The summed E-state index contributed by atoms with van der Waals surface area (Å²) in [6.07, 6.45) is -4.64. The molecule has 26 heavy (non-hydrogen) atoms. The molecule has 0 bridgehead atoms. The molecule has 2 aromatic carbocycles. The minimum Gasteiger partial charge on any atom is -0.481 e. The topological polar surface area (TPSA) is 57.6 Å². The number of likely N-dealkylation sites (N-methyl/N-ethyl adjacent to an activating group) is 1. The largest absolute Gasteiger partial charge is 0.481 e. The van der Waals surface area contributed by atoms with Crippen LogP contribution in [0.4, 0.5) is 18.9 Å². The van der Waals surface area contributed by atoms with Crippen molar-refractivity contribution in [3.63, 3.8) is 0 Å². The molecule has 0 atom stereocenters. The van der Waals surface area contributed by atoms with E-state index in [1.165, 1.54) is 30.1 Å². The number of halogens is 3. The van der Waals surface area contributed by atoms with E-state index in [1.807, 2.05) is 0 Å². The normalized spacial score (nSPS) is 11.2. The van der Waals surface area contributed by atoms with E-state index >= 15 is 0 Å². The molecule has 2 aromatic rings. The third-order valence-electron chi connectivity index (χ3n) is 3.96. The van der Waals surface area contributed by atoms with Crippen LogP contribution in [0.15, 0.2) is 48.5 Å². The first-order valence-corrected chi connectivity index (χ1v) is 7.91. The number of carboxylic acid groups (broad SMARTS) is 1. The Morgan fingerprint density at radius 3 is 2.42 bits per heavy atom. The van der Waals surface area contributed by atoms with Crippen molar-refractivity contribution < 1.29 is 27.9 Å². The van der Waals surface area contributed by atoms with Crippen LogP contribution in [0.25, 0.3) is 0 Å². The second-order valence-electron chi connectivity index (χ2n) is 5.85. The van der Waals surface area contributed by atoms with Crippen LogP contribution < -0.4 is 4.90 Å². The van der Waals surface area contributed by atoms with Gasteiger partial charge in [0.15, 0.2) is 0 Å². The number of aryl methyl sites for hydroxylation is 1. The summed E-state index contributed by atoms with van der Waals surface area (Å²) in [5.74, 6) is -1.42. The molecule has 0 saturated heterocycles. The Morgan fingerprint density at radius 2 is 1.77 bits per heavy atom. The summed E-state index contributed by atoms with van der Waals surface area (Å²) < 4.78 is 39.2. The van der Waals surface area contributed by atoms with E-state index in [-0.39, 0.29) is 18.4 Å². The fourth-order valence-corrected chi connectivity index (χ4v) is 2.55. The average Bonchev–Trinajstić information content (AvgIpc) is 2.59. The van der Waals surface area contributed by atoms with Crippen LogP contribution in [-0.2, 0) is 28.6 Å². The zero-order valence-electron chi connectivity index (χ0n) is 14.1. The van der Waals surface area contributed by atoms with Crippen molar-refractivity contribution in [2.45, 2.75) is 25.4 Å². The van der Waals surface area contributed by atoms with Gasteiger partial charge in [-0.1, -0.05) is 30.3 Å². The molecule has 0 heterocycles. The number of benzene rings is 2. The van der Waals surface area contributed by atoms with E-state index in [0.717, 1.165) is 11.6 Å². The van der Waals surface area contributed by atoms with E-state index in [1.54, 1.807) is 24.3 Å². The van der Waals surface area contributed by atoms with Gasteiger partial charge in [0, 0.05) is 19.2 Å². The highest BCUT2D eigenvalue weighted by Crippen LogP contribution is 2.32. The Hall–Kier alpha value is -2.83. The first kappa shape index (κ1) is 19.5. The smallest absolute Gasteiger partial charge is 0.416 e. The lowest BCUT2D eigenvalue weighted by atomic mass is 10.0. The number of anilines is 1. The Labute approximate surface area is 148 Å². The average molecular weight is 365 g/mol. The molecule has 0 saturated carbocycles. The Bertz CT molecular complexity index is 803. The monoisotopic (exact) mass is 365 g/mol. The van der Waals surface area contributed by atoms with Crippen molar-refractivity contribution in [3.8, 4) is 0 Å². The summed E-state index contributed by atoms with van der Waals surface area (Å²) in [7, 11) is 1.48. The van der Waals surface area contributed by atoms with Crippen LogP contribution in [0.1, 0.15) is 23.1 Å². The molecular weight excluding hydrogens is 347 g/mol. The standard InChI is InChI=1S/C19H18F3NO3/c1-23(15-7-4-5-13(11-15)9-10-18(25)26)17(24)12-14-6-2-3-8-16(14)19(20,21)22/h2-8,11H,9-10,12H2,1H3,(H,25,26). The summed E-state index contributed by atoms with van der Waals surface area (Å²) in [6, 6.07) is 11.7. The van der Waals surface area contributed by atoms with E-state index in [4.69, 9.17) is 5.11 Å². The third kappa shape index (κ3) is 5.08. The van der Waals surface area contributed by atoms with Gasteiger partial charge in [0.1, 0.15) is 0 Å². The molecule has 0 aromatic heterocycles. The summed E-state index contributed by atoms with van der Waals surface area (Å²) >= 11 is 0. The van der Waals surface area contributed by atoms with Gasteiger partial charge in [-0.25, -0.2) is 0 Å². The molecule has 0 radical (unpaired) electrons. The van der Waals surface area contributed by atoms with Crippen molar-refractivity contribution in [1.29, 1.82) is 0 Å². The highest BCUT2D eigenvalue weighted by Gasteiger charge is 2.33. The molecule has 1 N–H and O–H groups in total. The van der Waals surface area contributed by atoms with Gasteiger partial charge in [0.2, 0.25) is 5.91 Å². The Kier molecular flexibility index (Phi) is 6.02. The first-order valence-electron chi connectivity index (χ1n) is 7.91. The Balaban J connectivity index is 2.16. The molecule has 1 amide bonds. The van der Waals surface area contributed by atoms with Gasteiger partial charge in [0.05, 0.1) is 12.0 Å². The second-order valence-corrected chi connectivity index (χ2v) is 5.85. The molecule has 0 unspecified atom stereocenters. The predicted octanol–water partition coefficient (Wildman–Crippen LogP) is 3.93. The fraction of sp³-hybridized carbons (Fsp3) is 0.263. The molecule has 2 rings (SSSR count). The molecule has 0 aliphatic rings. The lowest BCUT2D eigenvalue weighted by molar-refractivity contribution is -0.138. The van der Waals surface area contributed by atoms with Crippen molar-refractivity contribution in [2.24, 2.45) is 0 Å². The third-order valence-corrected chi connectivity index (χ3v) is 3.96. The minimum absolute atomic E-state index is 0.0416. The first-order chi connectivity index (χ1) is 12.2. The summed E-state index contributed by atoms with van der Waals surface area (Å²) in [5, 5.41) is 8.74. The van der Waals surface area contributed by atoms with Gasteiger partial charge in [0.25, 0.3) is 0 Å². The van der Waals surface area contributed by atoms with Gasteiger partial charge >= 0.3 is 12.1 Å². The maximum Gasteiger partial charge on any atom is 0.416 e. The zero-order valence-corrected chi connectivity index (χ0v) is 14.1. The number of rotatable bonds is 6. The number of nitrogens with zero attached hydrogens (tertiary/aromatic N) is 1. The second kappa shape index (κ2) is 8.03.